The number of aryl methyl sites for hydroxylation is 2. The molecule has 0 aromatic heterocycles. The molecule has 2 heterocycles. The maximum Gasteiger partial charge on any atom is 0.222 e. The first kappa shape index (κ1) is 28.2. The summed E-state index contributed by atoms with van der Waals surface area (Å²) in [5.41, 5.74) is 2.65. The number of nitrogens with zero attached hydrogens (tertiary/aromatic N) is 2. The molecule has 38 heavy (non-hydrogen) atoms. The molecule has 0 atom stereocenters. The van der Waals surface area contributed by atoms with Crippen LogP contribution < -0.4 is 14.2 Å². The third-order valence-electron chi connectivity index (χ3n) is 7.75. The molecule has 0 bridgehead atoms. The molecule has 208 valence electrons. The zero-order valence-electron chi connectivity index (χ0n) is 23.3. The quantitative estimate of drug-likeness (QED) is 0.422. The molecule has 1 amide bonds. The van der Waals surface area contributed by atoms with Crippen LogP contribution in [0.1, 0.15) is 61.6 Å². The standard InChI is InChI=1S/C31H44N2O5/c1-24-9-11-27(25(2)20-24)38-23-31(35)13-17-32(18-14-31)22-26-10-12-28(29(21-26)36-3)37-19-7-16-33-15-6-4-5-8-30(33)34/h9-12,20-21,35H,4-8,13-19,22-23H2,1-3H3. The fourth-order valence-electron chi connectivity index (χ4n) is 5.35. The van der Waals surface area contributed by atoms with E-state index < -0.39 is 5.60 Å². The van der Waals surface area contributed by atoms with Crippen molar-refractivity contribution >= 4 is 5.91 Å². The van der Waals surface area contributed by atoms with Gasteiger partial charge in [0.25, 0.3) is 0 Å². The van der Waals surface area contributed by atoms with Crippen LogP contribution in [0.3, 0.4) is 0 Å². The Morgan fingerprint density at radius 1 is 0.921 bits per heavy atom. The van der Waals surface area contributed by atoms with E-state index in [1.54, 1.807) is 7.11 Å². The minimum atomic E-state index is -0.804. The molecular weight excluding hydrogens is 480 g/mol. The van der Waals surface area contributed by atoms with Gasteiger partial charge < -0.3 is 24.2 Å². The molecule has 0 saturated carbocycles. The van der Waals surface area contributed by atoms with E-state index in [4.69, 9.17) is 14.2 Å². The second kappa shape index (κ2) is 13.3. The maximum atomic E-state index is 12.2. The van der Waals surface area contributed by atoms with Crippen LogP contribution in [0.4, 0.5) is 0 Å². The van der Waals surface area contributed by atoms with E-state index in [-0.39, 0.29) is 5.91 Å². The van der Waals surface area contributed by atoms with Crippen molar-refractivity contribution in [2.45, 2.75) is 70.9 Å². The molecule has 1 N–H and O–H groups in total. The predicted octanol–water partition coefficient (Wildman–Crippen LogP) is 4.89. The predicted molar refractivity (Wildman–Crippen MR) is 149 cm³/mol. The highest BCUT2D eigenvalue weighted by atomic mass is 16.5. The molecule has 7 heteroatoms. The van der Waals surface area contributed by atoms with Gasteiger partial charge in [0.2, 0.25) is 5.91 Å². The fraction of sp³-hybridized carbons (Fsp3) is 0.581. The van der Waals surface area contributed by atoms with Crippen molar-refractivity contribution in [2.24, 2.45) is 0 Å². The van der Waals surface area contributed by atoms with Crippen LogP contribution in [0.25, 0.3) is 0 Å². The Balaban J connectivity index is 1.22. The van der Waals surface area contributed by atoms with E-state index in [9.17, 15) is 9.90 Å². The normalized spacial score (nSPS) is 18.2. The number of rotatable bonds is 11. The minimum Gasteiger partial charge on any atom is -0.493 e. The summed E-state index contributed by atoms with van der Waals surface area (Å²) >= 11 is 0. The molecule has 2 aromatic carbocycles. The Morgan fingerprint density at radius 3 is 2.47 bits per heavy atom. The first-order valence-electron chi connectivity index (χ1n) is 14.1. The molecule has 0 spiro atoms. The molecular formula is C31H44N2O5. The third-order valence-corrected chi connectivity index (χ3v) is 7.75. The summed E-state index contributed by atoms with van der Waals surface area (Å²) in [5, 5.41) is 11.1. The van der Waals surface area contributed by atoms with Gasteiger partial charge in [-0.3, -0.25) is 9.69 Å². The number of ether oxygens (including phenoxy) is 3. The first-order chi connectivity index (χ1) is 18.3. The number of hydrogen-bond donors (Lipinski definition) is 1. The van der Waals surface area contributed by atoms with Crippen molar-refractivity contribution < 1.29 is 24.1 Å². The Hall–Kier alpha value is -2.77. The Kier molecular flexibility index (Phi) is 9.91. The summed E-state index contributed by atoms with van der Waals surface area (Å²) in [6, 6.07) is 12.2. The summed E-state index contributed by atoms with van der Waals surface area (Å²) in [6.07, 6.45) is 6.08. The number of carbonyl (C=O) groups is 1. The van der Waals surface area contributed by atoms with Gasteiger partial charge in [-0.05, 0) is 75.3 Å². The molecule has 4 rings (SSSR count). The van der Waals surface area contributed by atoms with Gasteiger partial charge in [-0.25, -0.2) is 0 Å². The molecule has 2 fully saturated rings. The largest absolute Gasteiger partial charge is 0.493 e. The highest BCUT2D eigenvalue weighted by Crippen LogP contribution is 2.30. The van der Waals surface area contributed by atoms with E-state index in [0.717, 1.165) is 86.8 Å². The lowest BCUT2D eigenvalue weighted by Gasteiger charge is -2.38. The summed E-state index contributed by atoms with van der Waals surface area (Å²) in [6.45, 7) is 9.00. The van der Waals surface area contributed by atoms with Crippen molar-refractivity contribution in [1.82, 2.24) is 9.80 Å². The topological polar surface area (TPSA) is 71.5 Å². The van der Waals surface area contributed by atoms with E-state index in [1.807, 2.05) is 36.1 Å². The van der Waals surface area contributed by atoms with E-state index in [2.05, 4.69) is 24.0 Å². The van der Waals surface area contributed by atoms with Crippen molar-refractivity contribution in [3.63, 3.8) is 0 Å². The van der Waals surface area contributed by atoms with Crippen LogP contribution in [0, 0.1) is 13.8 Å². The molecule has 2 aromatic rings. The van der Waals surface area contributed by atoms with Gasteiger partial charge >= 0.3 is 0 Å². The Labute approximate surface area is 227 Å². The van der Waals surface area contributed by atoms with Gasteiger partial charge in [0, 0.05) is 39.1 Å². The number of hydrogen-bond acceptors (Lipinski definition) is 6. The highest BCUT2D eigenvalue weighted by molar-refractivity contribution is 5.76. The van der Waals surface area contributed by atoms with E-state index in [0.29, 0.717) is 32.5 Å². The highest BCUT2D eigenvalue weighted by Gasteiger charge is 2.33. The van der Waals surface area contributed by atoms with Crippen molar-refractivity contribution in [1.29, 1.82) is 0 Å². The van der Waals surface area contributed by atoms with Crippen LogP contribution >= 0.6 is 0 Å². The molecule has 0 aliphatic carbocycles. The van der Waals surface area contributed by atoms with Gasteiger partial charge in [-0.1, -0.05) is 30.2 Å². The zero-order chi connectivity index (χ0) is 27.0. The smallest absolute Gasteiger partial charge is 0.222 e. The van der Waals surface area contributed by atoms with Crippen LogP contribution in [0.2, 0.25) is 0 Å². The number of benzene rings is 2. The molecule has 0 radical (unpaired) electrons. The summed E-state index contributed by atoms with van der Waals surface area (Å²) in [7, 11) is 1.67. The van der Waals surface area contributed by atoms with Crippen LogP contribution in [0.15, 0.2) is 36.4 Å². The molecule has 0 unspecified atom stereocenters. The Bertz CT molecular complexity index is 1060. The molecule has 2 aliphatic heterocycles. The number of likely N-dealkylation sites (tertiary alicyclic amines) is 2. The third kappa shape index (κ3) is 7.87. The minimum absolute atomic E-state index is 0.273. The van der Waals surface area contributed by atoms with Crippen molar-refractivity contribution in [2.75, 3.05) is 46.5 Å². The van der Waals surface area contributed by atoms with Crippen LogP contribution in [-0.4, -0.2) is 72.9 Å². The van der Waals surface area contributed by atoms with E-state index in [1.165, 1.54) is 5.56 Å². The van der Waals surface area contributed by atoms with Gasteiger partial charge in [-0.15, -0.1) is 0 Å². The van der Waals surface area contributed by atoms with Gasteiger partial charge in [0.15, 0.2) is 11.5 Å². The number of aliphatic hydroxyl groups is 1. The van der Waals surface area contributed by atoms with Crippen molar-refractivity contribution in [3.05, 3.63) is 53.1 Å². The second-order valence-electron chi connectivity index (χ2n) is 10.9. The monoisotopic (exact) mass is 524 g/mol. The molecule has 2 aliphatic rings. The van der Waals surface area contributed by atoms with Crippen LogP contribution in [-0.2, 0) is 11.3 Å². The van der Waals surface area contributed by atoms with Crippen LogP contribution in [0.5, 0.6) is 17.2 Å². The SMILES string of the molecule is COc1cc(CN2CCC(O)(COc3ccc(C)cc3C)CC2)ccc1OCCCN1CCCCCC1=O. The lowest BCUT2D eigenvalue weighted by molar-refractivity contribution is -0.130. The summed E-state index contributed by atoms with van der Waals surface area (Å²) in [5.74, 6) is 2.57. The average Bonchev–Trinajstić information content (AvgIpc) is 3.12. The number of amides is 1. The molecule has 7 nitrogen and oxygen atoms in total. The lowest BCUT2D eigenvalue weighted by atomic mass is 9.92. The molecule has 2 saturated heterocycles. The summed E-state index contributed by atoms with van der Waals surface area (Å²) in [4.78, 5) is 16.5. The average molecular weight is 525 g/mol. The van der Waals surface area contributed by atoms with Gasteiger partial charge in [-0.2, -0.15) is 0 Å². The van der Waals surface area contributed by atoms with E-state index >= 15 is 0 Å². The van der Waals surface area contributed by atoms with Gasteiger partial charge in [0.1, 0.15) is 18.0 Å². The lowest BCUT2D eigenvalue weighted by Crippen LogP contribution is -2.47. The van der Waals surface area contributed by atoms with Gasteiger partial charge in [0.05, 0.1) is 13.7 Å². The number of piperidine rings is 1. The number of carbonyl (C=O) groups excluding carboxylic acids is 1. The summed E-state index contributed by atoms with van der Waals surface area (Å²) < 4.78 is 17.6. The second-order valence-corrected chi connectivity index (χ2v) is 10.9. The Morgan fingerprint density at radius 2 is 1.71 bits per heavy atom. The fourth-order valence-corrected chi connectivity index (χ4v) is 5.35. The maximum absolute atomic E-state index is 12.2. The number of methoxy groups -OCH3 is 1. The van der Waals surface area contributed by atoms with Crippen molar-refractivity contribution in [3.8, 4) is 17.2 Å². The zero-order valence-corrected chi connectivity index (χ0v) is 23.3. The first-order valence-corrected chi connectivity index (χ1v) is 14.1.